The molecule has 0 bridgehead atoms. The van der Waals surface area contributed by atoms with Crippen LogP contribution in [0, 0.1) is 6.92 Å². The maximum absolute atomic E-state index is 12.1. The number of rotatable bonds is 7. The largest absolute Gasteiger partial charge is 0.497 e. The van der Waals surface area contributed by atoms with E-state index in [0.29, 0.717) is 16.5 Å². The Kier molecular flexibility index (Phi) is 5.87. The van der Waals surface area contributed by atoms with Crippen molar-refractivity contribution in [1.82, 2.24) is 4.72 Å². The molecule has 5 nitrogen and oxygen atoms in total. The minimum Gasteiger partial charge on any atom is -0.497 e. The van der Waals surface area contributed by atoms with Crippen molar-refractivity contribution in [3.63, 3.8) is 0 Å². The van der Waals surface area contributed by atoms with E-state index in [9.17, 15) is 8.42 Å². The van der Waals surface area contributed by atoms with Crippen LogP contribution in [-0.4, -0.2) is 28.7 Å². The summed E-state index contributed by atoms with van der Waals surface area (Å²) in [5, 5.41) is 0.494. The molecule has 0 aliphatic rings. The summed E-state index contributed by atoms with van der Waals surface area (Å²) in [5.74, 6) is 1.14. The van der Waals surface area contributed by atoms with Gasteiger partial charge in [-0.25, -0.2) is 13.1 Å². The summed E-state index contributed by atoms with van der Waals surface area (Å²) in [6.07, 6.45) is 0. The number of aryl methyl sites for hydroxylation is 1. The molecular formula is C16H18ClNO4S. The van der Waals surface area contributed by atoms with Gasteiger partial charge in [-0.15, -0.1) is 0 Å². The average Bonchev–Trinajstić information content (AvgIpc) is 2.54. The van der Waals surface area contributed by atoms with Crippen molar-refractivity contribution in [2.45, 2.75) is 11.8 Å². The molecule has 124 valence electrons. The van der Waals surface area contributed by atoms with E-state index in [1.165, 1.54) is 19.2 Å². The van der Waals surface area contributed by atoms with Crippen molar-refractivity contribution in [2.75, 3.05) is 20.3 Å². The summed E-state index contributed by atoms with van der Waals surface area (Å²) in [6.45, 7) is 2.24. The number of methoxy groups -OCH3 is 1. The lowest BCUT2D eigenvalue weighted by molar-refractivity contribution is 0.323. The van der Waals surface area contributed by atoms with E-state index >= 15 is 0 Å². The van der Waals surface area contributed by atoms with Gasteiger partial charge in [0.15, 0.2) is 0 Å². The molecule has 0 heterocycles. The Hall–Kier alpha value is -1.76. The summed E-state index contributed by atoms with van der Waals surface area (Å²) in [7, 11) is -2.05. The van der Waals surface area contributed by atoms with Crippen LogP contribution in [0.25, 0.3) is 0 Å². The Bertz CT molecular complexity index is 760. The molecule has 0 amide bonds. The number of ether oxygens (including phenoxy) is 2. The predicted molar refractivity (Wildman–Crippen MR) is 89.9 cm³/mol. The van der Waals surface area contributed by atoms with Gasteiger partial charge < -0.3 is 9.47 Å². The summed E-state index contributed by atoms with van der Waals surface area (Å²) in [6, 6.07) is 11.6. The Morgan fingerprint density at radius 3 is 2.48 bits per heavy atom. The molecule has 0 aliphatic carbocycles. The molecule has 0 aromatic heterocycles. The second-order valence-corrected chi connectivity index (χ2v) is 7.03. The van der Waals surface area contributed by atoms with E-state index in [1.807, 2.05) is 13.0 Å². The third kappa shape index (κ3) is 4.86. The van der Waals surface area contributed by atoms with Crippen molar-refractivity contribution >= 4 is 21.6 Å². The van der Waals surface area contributed by atoms with Gasteiger partial charge in [0.2, 0.25) is 10.0 Å². The highest BCUT2D eigenvalue weighted by Gasteiger charge is 2.13. The van der Waals surface area contributed by atoms with Crippen LogP contribution in [0.5, 0.6) is 11.5 Å². The maximum atomic E-state index is 12.1. The highest BCUT2D eigenvalue weighted by Crippen LogP contribution is 2.25. The number of halogens is 1. The first-order valence-corrected chi connectivity index (χ1v) is 8.81. The predicted octanol–water partition coefficient (Wildman–Crippen LogP) is 3.01. The van der Waals surface area contributed by atoms with Crippen LogP contribution in [0.4, 0.5) is 0 Å². The van der Waals surface area contributed by atoms with Gasteiger partial charge in [-0.05, 0) is 48.9 Å². The molecule has 7 heteroatoms. The second kappa shape index (κ2) is 7.68. The standard InChI is InChI=1S/C16H18ClNO4S/c1-12-3-8-15(17)16(11-12)22-10-9-18-23(19,20)14-6-4-13(21-2)5-7-14/h3-8,11,18H,9-10H2,1-2H3. The summed E-state index contributed by atoms with van der Waals surface area (Å²) >= 11 is 6.01. The van der Waals surface area contributed by atoms with Gasteiger partial charge in [0, 0.05) is 6.54 Å². The molecule has 2 aromatic rings. The van der Waals surface area contributed by atoms with Gasteiger partial charge >= 0.3 is 0 Å². The normalized spacial score (nSPS) is 11.3. The molecule has 0 fully saturated rings. The monoisotopic (exact) mass is 355 g/mol. The number of hydrogen-bond acceptors (Lipinski definition) is 4. The third-order valence-corrected chi connectivity index (χ3v) is 4.90. The van der Waals surface area contributed by atoms with Gasteiger partial charge in [-0.1, -0.05) is 17.7 Å². The molecule has 2 aromatic carbocycles. The SMILES string of the molecule is COc1ccc(S(=O)(=O)NCCOc2cc(C)ccc2Cl)cc1. The van der Waals surface area contributed by atoms with E-state index in [4.69, 9.17) is 21.1 Å². The van der Waals surface area contributed by atoms with E-state index in [2.05, 4.69) is 4.72 Å². The molecule has 0 spiro atoms. The number of sulfonamides is 1. The summed E-state index contributed by atoms with van der Waals surface area (Å²) in [4.78, 5) is 0.173. The molecule has 0 aliphatic heterocycles. The van der Waals surface area contributed by atoms with Crippen molar-refractivity contribution in [3.05, 3.63) is 53.1 Å². The zero-order valence-corrected chi connectivity index (χ0v) is 14.4. The van der Waals surface area contributed by atoms with Crippen LogP contribution in [0.3, 0.4) is 0 Å². The molecule has 0 unspecified atom stereocenters. The first kappa shape index (κ1) is 17.6. The zero-order chi connectivity index (χ0) is 16.9. The first-order valence-electron chi connectivity index (χ1n) is 6.95. The molecule has 0 atom stereocenters. The zero-order valence-electron chi connectivity index (χ0n) is 12.9. The van der Waals surface area contributed by atoms with Crippen LogP contribution in [0.1, 0.15) is 5.56 Å². The van der Waals surface area contributed by atoms with E-state index in [-0.39, 0.29) is 18.0 Å². The smallest absolute Gasteiger partial charge is 0.240 e. The quantitative estimate of drug-likeness (QED) is 0.775. The molecule has 0 radical (unpaired) electrons. The Morgan fingerprint density at radius 1 is 1.13 bits per heavy atom. The first-order chi connectivity index (χ1) is 10.9. The van der Waals surface area contributed by atoms with Crippen molar-refractivity contribution in [3.8, 4) is 11.5 Å². The van der Waals surface area contributed by atoms with Crippen molar-refractivity contribution in [2.24, 2.45) is 0 Å². The molecule has 0 saturated carbocycles. The van der Waals surface area contributed by atoms with E-state index in [0.717, 1.165) is 5.56 Å². The molecule has 23 heavy (non-hydrogen) atoms. The maximum Gasteiger partial charge on any atom is 0.240 e. The van der Waals surface area contributed by atoms with Gasteiger partial charge in [-0.3, -0.25) is 0 Å². The Labute approximate surface area is 141 Å². The second-order valence-electron chi connectivity index (χ2n) is 4.86. The minimum atomic E-state index is -3.58. The van der Waals surface area contributed by atoms with Crippen LogP contribution in [0.15, 0.2) is 47.4 Å². The highest BCUT2D eigenvalue weighted by atomic mass is 35.5. The third-order valence-electron chi connectivity index (χ3n) is 3.11. The van der Waals surface area contributed by atoms with Crippen molar-refractivity contribution < 1.29 is 17.9 Å². The fraction of sp³-hybridized carbons (Fsp3) is 0.250. The van der Waals surface area contributed by atoms with Crippen LogP contribution < -0.4 is 14.2 Å². The molecule has 0 saturated heterocycles. The highest BCUT2D eigenvalue weighted by molar-refractivity contribution is 7.89. The lowest BCUT2D eigenvalue weighted by Crippen LogP contribution is -2.28. The van der Waals surface area contributed by atoms with Gasteiger partial charge in [-0.2, -0.15) is 0 Å². The number of hydrogen-bond donors (Lipinski definition) is 1. The van der Waals surface area contributed by atoms with Gasteiger partial charge in [0.1, 0.15) is 18.1 Å². The fourth-order valence-electron chi connectivity index (χ4n) is 1.90. The lowest BCUT2D eigenvalue weighted by Gasteiger charge is -2.10. The van der Waals surface area contributed by atoms with Gasteiger partial charge in [0.05, 0.1) is 17.0 Å². The Morgan fingerprint density at radius 2 is 1.83 bits per heavy atom. The fourth-order valence-corrected chi connectivity index (χ4v) is 3.08. The van der Waals surface area contributed by atoms with Crippen LogP contribution >= 0.6 is 11.6 Å². The van der Waals surface area contributed by atoms with Crippen LogP contribution in [0.2, 0.25) is 5.02 Å². The number of benzene rings is 2. The number of nitrogens with one attached hydrogen (secondary N) is 1. The van der Waals surface area contributed by atoms with E-state index in [1.54, 1.807) is 24.3 Å². The van der Waals surface area contributed by atoms with Crippen LogP contribution in [-0.2, 0) is 10.0 Å². The minimum absolute atomic E-state index is 0.138. The van der Waals surface area contributed by atoms with E-state index < -0.39 is 10.0 Å². The summed E-state index contributed by atoms with van der Waals surface area (Å²) < 4.78 is 37.3. The molecular weight excluding hydrogens is 338 g/mol. The molecule has 1 N–H and O–H groups in total. The molecule has 2 rings (SSSR count). The van der Waals surface area contributed by atoms with Gasteiger partial charge in [0.25, 0.3) is 0 Å². The lowest BCUT2D eigenvalue weighted by atomic mass is 10.2. The summed E-state index contributed by atoms with van der Waals surface area (Å²) in [5.41, 5.74) is 1.02. The van der Waals surface area contributed by atoms with Crippen molar-refractivity contribution in [1.29, 1.82) is 0 Å². The Balaban J connectivity index is 1.90. The topological polar surface area (TPSA) is 64.6 Å². The average molecular weight is 356 g/mol.